The third kappa shape index (κ3) is 2.72. The molecule has 1 saturated heterocycles. The average Bonchev–Trinajstić information content (AvgIpc) is 2.63. The summed E-state index contributed by atoms with van der Waals surface area (Å²) < 4.78 is 5.90. The van der Waals surface area contributed by atoms with Crippen LogP contribution in [0.25, 0.3) is 0 Å². The van der Waals surface area contributed by atoms with E-state index in [1.807, 2.05) is 30.0 Å². The number of thioether (sulfide) groups is 1. The normalized spacial score (nSPS) is 23.0. The maximum absolute atomic E-state index is 5.98. The molecule has 17 heavy (non-hydrogen) atoms. The monoisotopic (exact) mass is 269 g/mol. The summed E-state index contributed by atoms with van der Waals surface area (Å²) in [6, 6.07) is 5.91. The third-order valence-corrected chi connectivity index (χ3v) is 4.84. The second kappa shape index (κ2) is 5.09. The van der Waals surface area contributed by atoms with E-state index in [-0.39, 0.29) is 0 Å². The number of ether oxygens (including phenoxy) is 1. The third-order valence-electron chi connectivity index (χ3n) is 3.29. The average molecular weight is 270 g/mol. The Labute approximate surface area is 111 Å². The molecule has 0 aliphatic carbocycles. The number of benzene rings is 1. The molecule has 1 aromatic carbocycles. The molecule has 0 amide bonds. The zero-order valence-corrected chi connectivity index (χ0v) is 11.2. The second-order valence-electron chi connectivity index (χ2n) is 4.76. The molecule has 3 rings (SSSR count). The predicted octanol–water partition coefficient (Wildman–Crippen LogP) is 2.60. The van der Waals surface area contributed by atoms with Crippen LogP contribution in [0.5, 0.6) is 5.75 Å². The summed E-state index contributed by atoms with van der Waals surface area (Å²) in [5.41, 5.74) is 1.26. The highest BCUT2D eigenvalue weighted by Crippen LogP contribution is 2.32. The van der Waals surface area contributed by atoms with Gasteiger partial charge in [-0.25, -0.2) is 0 Å². The summed E-state index contributed by atoms with van der Waals surface area (Å²) in [4.78, 5) is 0. The quantitative estimate of drug-likeness (QED) is 0.908. The van der Waals surface area contributed by atoms with E-state index in [0.717, 1.165) is 28.9 Å². The van der Waals surface area contributed by atoms with Crippen LogP contribution < -0.4 is 10.1 Å². The minimum absolute atomic E-state index is 0.335. The van der Waals surface area contributed by atoms with Crippen molar-refractivity contribution in [1.82, 2.24) is 5.32 Å². The number of fused-ring (bicyclic) bond motifs is 1. The van der Waals surface area contributed by atoms with Crippen molar-refractivity contribution in [2.75, 3.05) is 24.6 Å². The topological polar surface area (TPSA) is 21.3 Å². The van der Waals surface area contributed by atoms with Crippen molar-refractivity contribution >= 4 is 23.4 Å². The lowest BCUT2D eigenvalue weighted by Gasteiger charge is -2.26. The van der Waals surface area contributed by atoms with Crippen molar-refractivity contribution in [3.8, 4) is 5.75 Å². The van der Waals surface area contributed by atoms with Gasteiger partial charge < -0.3 is 10.1 Å². The van der Waals surface area contributed by atoms with Crippen molar-refractivity contribution in [3.05, 3.63) is 28.8 Å². The molecule has 1 aromatic rings. The molecule has 0 saturated carbocycles. The summed E-state index contributed by atoms with van der Waals surface area (Å²) >= 11 is 7.99. The minimum atomic E-state index is 0.335. The largest absolute Gasteiger partial charge is 0.489 e. The van der Waals surface area contributed by atoms with E-state index in [2.05, 4.69) is 5.32 Å². The first-order chi connectivity index (χ1) is 8.31. The fraction of sp³-hybridized carbons (Fsp3) is 0.538. The highest BCUT2D eigenvalue weighted by molar-refractivity contribution is 7.99. The summed E-state index contributed by atoms with van der Waals surface area (Å²) in [5, 5.41) is 4.11. The van der Waals surface area contributed by atoms with E-state index in [1.54, 1.807) is 0 Å². The van der Waals surface area contributed by atoms with Gasteiger partial charge in [0.05, 0.1) is 0 Å². The molecule has 1 atom stereocenters. The Morgan fingerprint density at radius 2 is 2.24 bits per heavy atom. The summed E-state index contributed by atoms with van der Waals surface area (Å²) in [6.45, 7) is 2.38. The molecule has 2 nitrogen and oxygen atoms in total. The molecule has 0 aromatic heterocycles. The highest BCUT2D eigenvalue weighted by Gasteiger charge is 2.24. The summed E-state index contributed by atoms with van der Waals surface area (Å²) in [6.07, 6.45) is 1.34. The molecule has 1 unspecified atom stereocenters. The standard InChI is InChI=1S/C13H16ClNOS/c14-11-1-2-13-10(3-11)4-12(16-13)8-17-7-9-5-15-6-9/h1-3,9,12,15H,4-8H2. The molecule has 92 valence electrons. The Morgan fingerprint density at radius 1 is 1.35 bits per heavy atom. The van der Waals surface area contributed by atoms with Crippen LogP contribution in [0.2, 0.25) is 5.02 Å². The SMILES string of the molecule is Clc1ccc2c(c1)CC(CSCC1CNC1)O2. The summed E-state index contributed by atoms with van der Waals surface area (Å²) in [7, 11) is 0. The molecular weight excluding hydrogens is 254 g/mol. The van der Waals surface area contributed by atoms with E-state index in [9.17, 15) is 0 Å². The molecular formula is C13H16ClNOS. The van der Waals surface area contributed by atoms with Crippen molar-refractivity contribution in [3.63, 3.8) is 0 Å². The molecule has 2 aliphatic rings. The van der Waals surface area contributed by atoms with E-state index in [0.29, 0.717) is 6.10 Å². The van der Waals surface area contributed by atoms with Crippen LogP contribution >= 0.6 is 23.4 Å². The fourth-order valence-corrected chi connectivity index (χ4v) is 3.56. The van der Waals surface area contributed by atoms with Crippen LogP contribution in [0.4, 0.5) is 0 Å². The fourth-order valence-electron chi connectivity index (χ4n) is 2.21. The van der Waals surface area contributed by atoms with Gasteiger partial charge >= 0.3 is 0 Å². The lowest BCUT2D eigenvalue weighted by molar-refractivity contribution is 0.259. The maximum atomic E-state index is 5.98. The Kier molecular flexibility index (Phi) is 3.50. The lowest BCUT2D eigenvalue weighted by atomic mass is 10.1. The first-order valence-electron chi connectivity index (χ1n) is 6.05. The van der Waals surface area contributed by atoms with Gasteiger partial charge in [-0.15, -0.1) is 0 Å². The van der Waals surface area contributed by atoms with Crippen molar-refractivity contribution in [1.29, 1.82) is 0 Å². The Hall–Kier alpha value is -0.380. The van der Waals surface area contributed by atoms with Gasteiger partial charge in [0.1, 0.15) is 11.9 Å². The lowest BCUT2D eigenvalue weighted by Crippen LogP contribution is -2.43. The van der Waals surface area contributed by atoms with Gasteiger partial charge in [0, 0.05) is 17.2 Å². The maximum Gasteiger partial charge on any atom is 0.123 e. The van der Waals surface area contributed by atoms with Gasteiger partial charge in [0.15, 0.2) is 0 Å². The second-order valence-corrected chi connectivity index (χ2v) is 6.27. The summed E-state index contributed by atoms with van der Waals surface area (Å²) in [5.74, 6) is 4.23. The number of halogens is 1. The minimum Gasteiger partial charge on any atom is -0.489 e. The first kappa shape index (κ1) is 11.7. The number of hydrogen-bond acceptors (Lipinski definition) is 3. The predicted molar refractivity (Wildman–Crippen MR) is 73.3 cm³/mol. The van der Waals surface area contributed by atoms with Crippen molar-refractivity contribution in [2.45, 2.75) is 12.5 Å². The molecule has 0 spiro atoms. The van der Waals surface area contributed by atoms with Crippen LogP contribution in [0, 0.1) is 5.92 Å². The molecule has 1 N–H and O–H groups in total. The van der Waals surface area contributed by atoms with Crippen LogP contribution in [0.3, 0.4) is 0 Å². The van der Waals surface area contributed by atoms with E-state index >= 15 is 0 Å². The highest BCUT2D eigenvalue weighted by atomic mass is 35.5. The molecule has 2 heterocycles. The number of nitrogens with one attached hydrogen (secondary N) is 1. The smallest absolute Gasteiger partial charge is 0.123 e. The van der Waals surface area contributed by atoms with E-state index in [4.69, 9.17) is 16.3 Å². The zero-order chi connectivity index (χ0) is 11.7. The Morgan fingerprint density at radius 3 is 3.00 bits per heavy atom. The zero-order valence-electron chi connectivity index (χ0n) is 9.62. The van der Waals surface area contributed by atoms with Gasteiger partial charge in [-0.1, -0.05) is 11.6 Å². The molecule has 4 heteroatoms. The van der Waals surface area contributed by atoms with Gasteiger partial charge in [-0.05, 0) is 48.5 Å². The Balaban J connectivity index is 1.48. The Bertz CT molecular complexity index is 408. The van der Waals surface area contributed by atoms with Crippen LogP contribution in [-0.2, 0) is 6.42 Å². The van der Waals surface area contributed by atoms with Crippen molar-refractivity contribution < 1.29 is 4.74 Å². The molecule has 1 fully saturated rings. The molecule has 2 aliphatic heterocycles. The van der Waals surface area contributed by atoms with Gasteiger partial charge in [-0.2, -0.15) is 11.8 Å². The van der Waals surface area contributed by atoms with E-state index in [1.165, 1.54) is 24.4 Å². The van der Waals surface area contributed by atoms with E-state index < -0.39 is 0 Å². The molecule has 0 bridgehead atoms. The number of hydrogen-bond donors (Lipinski definition) is 1. The van der Waals surface area contributed by atoms with Crippen LogP contribution in [0.1, 0.15) is 5.56 Å². The van der Waals surface area contributed by atoms with Gasteiger partial charge in [0.25, 0.3) is 0 Å². The van der Waals surface area contributed by atoms with Crippen LogP contribution in [0.15, 0.2) is 18.2 Å². The van der Waals surface area contributed by atoms with Crippen LogP contribution in [-0.4, -0.2) is 30.7 Å². The first-order valence-corrected chi connectivity index (χ1v) is 7.58. The van der Waals surface area contributed by atoms with Gasteiger partial charge in [-0.3, -0.25) is 0 Å². The van der Waals surface area contributed by atoms with Gasteiger partial charge in [0.2, 0.25) is 0 Å². The number of rotatable bonds is 4. The van der Waals surface area contributed by atoms with Crippen molar-refractivity contribution in [2.24, 2.45) is 5.92 Å². The molecule has 0 radical (unpaired) electrons.